The molecule has 4 N–H and O–H groups in total. The Morgan fingerprint density at radius 1 is 1.10 bits per heavy atom. The van der Waals surface area contributed by atoms with Crippen LogP contribution in [0.25, 0.3) is 11.0 Å². The SMILES string of the molecule is Cc1cc(C)c2c(N)nc(NC3CCN(Cc4c(C)cccc4O)CC3)nc2n1. The Hall–Kier alpha value is -2.93. The molecular weight excluding hydrogens is 364 g/mol. The average Bonchev–Trinajstić information content (AvgIpc) is 2.65. The second-order valence-corrected chi connectivity index (χ2v) is 7.98. The van der Waals surface area contributed by atoms with Crippen LogP contribution in [0.2, 0.25) is 0 Å². The highest BCUT2D eigenvalue weighted by Gasteiger charge is 2.22. The number of benzene rings is 1. The zero-order valence-electron chi connectivity index (χ0n) is 17.2. The van der Waals surface area contributed by atoms with E-state index in [0.717, 1.165) is 60.2 Å². The second-order valence-electron chi connectivity index (χ2n) is 7.98. The quantitative estimate of drug-likeness (QED) is 0.626. The molecule has 1 fully saturated rings. The summed E-state index contributed by atoms with van der Waals surface area (Å²) in [4.78, 5) is 16.0. The predicted molar refractivity (Wildman–Crippen MR) is 116 cm³/mol. The van der Waals surface area contributed by atoms with Crippen molar-refractivity contribution < 1.29 is 5.11 Å². The molecule has 0 aliphatic carbocycles. The minimum atomic E-state index is 0.291. The molecule has 1 aliphatic heterocycles. The number of rotatable bonds is 4. The molecule has 152 valence electrons. The molecule has 0 spiro atoms. The summed E-state index contributed by atoms with van der Waals surface area (Å²) in [6.07, 6.45) is 1.96. The van der Waals surface area contributed by atoms with Crippen LogP contribution in [-0.4, -0.2) is 44.1 Å². The number of pyridine rings is 1. The molecule has 1 saturated heterocycles. The Labute approximate surface area is 171 Å². The normalized spacial score (nSPS) is 15.7. The van der Waals surface area contributed by atoms with Gasteiger partial charge in [-0.3, -0.25) is 4.90 Å². The van der Waals surface area contributed by atoms with E-state index in [2.05, 4.69) is 25.2 Å². The lowest BCUT2D eigenvalue weighted by Crippen LogP contribution is -2.39. The summed E-state index contributed by atoms with van der Waals surface area (Å²) >= 11 is 0. The van der Waals surface area contributed by atoms with Crippen LogP contribution in [-0.2, 0) is 6.54 Å². The maximum atomic E-state index is 10.1. The Morgan fingerprint density at radius 3 is 2.59 bits per heavy atom. The van der Waals surface area contributed by atoms with Crippen LogP contribution < -0.4 is 11.1 Å². The van der Waals surface area contributed by atoms with Gasteiger partial charge in [-0.05, 0) is 56.9 Å². The summed E-state index contributed by atoms with van der Waals surface area (Å²) in [5.74, 6) is 1.39. The molecule has 0 amide bonds. The number of fused-ring (bicyclic) bond motifs is 1. The Kier molecular flexibility index (Phi) is 5.24. The molecule has 4 rings (SSSR count). The molecule has 1 aliphatic rings. The number of aromatic hydroxyl groups is 1. The Morgan fingerprint density at radius 2 is 1.86 bits per heavy atom. The van der Waals surface area contributed by atoms with Crippen LogP contribution in [0.3, 0.4) is 0 Å². The molecule has 0 radical (unpaired) electrons. The number of nitrogens with two attached hydrogens (primary N) is 1. The number of hydrogen-bond donors (Lipinski definition) is 3. The first-order chi connectivity index (χ1) is 13.9. The minimum Gasteiger partial charge on any atom is -0.508 e. The van der Waals surface area contributed by atoms with E-state index in [9.17, 15) is 5.11 Å². The number of aryl methyl sites for hydroxylation is 3. The highest BCUT2D eigenvalue weighted by molar-refractivity contribution is 5.89. The molecule has 0 atom stereocenters. The predicted octanol–water partition coefficient (Wildman–Crippen LogP) is 3.31. The lowest BCUT2D eigenvalue weighted by Gasteiger charge is -2.32. The van der Waals surface area contributed by atoms with Crippen molar-refractivity contribution >= 4 is 22.8 Å². The van der Waals surface area contributed by atoms with Gasteiger partial charge in [-0.25, -0.2) is 4.98 Å². The largest absolute Gasteiger partial charge is 0.508 e. The van der Waals surface area contributed by atoms with Gasteiger partial charge >= 0.3 is 0 Å². The molecule has 1 aromatic carbocycles. The van der Waals surface area contributed by atoms with Gasteiger partial charge in [0.25, 0.3) is 0 Å². The van der Waals surface area contributed by atoms with Crippen molar-refractivity contribution in [2.45, 2.75) is 46.2 Å². The van der Waals surface area contributed by atoms with E-state index >= 15 is 0 Å². The molecule has 0 unspecified atom stereocenters. The van der Waals surface area contributed by atoms with Crippen LogP contribution in [0.1, 0.15) is 35.2 Å². The molecular formula is C22H28N6O. The zero-order chi connectivity index (χ0) is 20.5. The monoisotopic (exact) mass is 392 g/mol. The van der Waals surface area contributed by atoms with E-state index in [1.807, 2.05) is 39.0 Å². The zero-order valence-corrected chi connectivity index (χ0v) is 17.2. The number of phenolic OH excluding ortho intramolecular Hbond substituents is 1. The summed E-state index contributed by atoms with van der Waals surface area (Å²) in [5, 5.41) is 14.4. The fraction of sp³-hybridized carbons (Fsp3) is 0.409. The maximum Gasteiger partial charge on any atom is 0.226 e. The summed E-state index contributed by atoms with van der Waals surface area (Å²) in [6.45, 7) is 8.68. The molecule has 3 aromatic rings. The van der Waals surface area contributed by atoms with Crippen molar-refractivity contribution in [1.29, 1.82) is 0 Å². The van der Waals surface area contributed by atoms with Crippen LogP contribution in [0.4, 0.5) is 11.8 Å². The van der Waals surface area contributed by atoms with Gasteiger partial charge in [0.1, 0.15) is 11.6 Å². The first-order valence-corrected chi connectivity index (χ1v) is 10.1. The van der Waals surface area contributed by atoms with Gasteiger partial charge in [0.15, 0.2) is 5.65 Å². The van der Waals surface area contributed by atoms with Crippen molar-refractivity contribution in [1.82, 2.24) is 19.9 Å². The number of hydrogen-bond acceptors (Lipinski definition) is 7. The van der Waals surface area contributed by atoms with E-state index in [-0.39, 0.29) is 0 Å². The van der Waals surface area contributed by atoms with E-state index in [1.165, 1.54) is 0 Å². The van der Waals surface area contributed by atoms with Crippen molar-refractivity contribution in [3.8, 4) is 5.75 Å². The third-order valence-electron chi connectivity index (χ3n) is 5.71. The van der Waals surface area contributed by atoms with Gasteiger partial charge < -0.3 is 16.2 Å². The fourth-order valence-corrected chi connectivity index (χ4v) is 4.11. The average molecular weight is 393 g/mol. The van der Waals surface area contributed by atoms with E-state index in [4.69, 9.17) is 5.73 Å². The van der Waals surface area contributed by atoms with Crippen molar-refractivity contribution in [3.63, 3.8) is 0 Å². The number of likely N-dealkylation sites (tertiary alicyclic amines) is 1. The smallest absolute Gasteiger partial charge is 0.226 e. The van der Waals surface area contributed by atoms with Gasteiger partial charge in [-0.1, -0.05) is 12.1 Å². The molecule has 7 nitrogen and oxygen atoms in total. The summed E-state index contributed by atoms with van der Waals surface area (Å²) in [5.41, 5.74) is 10.9. The van der Waals surface area contributed by atoms with Gasteiger partial charge in [-0.2, -0.15) is 9.97 Å². The number of aromatic nitrogens is 3. The van der Waals surface area contributed by atoms with Gasteiger partial charge in [0.05, 0.1) is 5.39 Å². The first kappa shape index (κ1) is 19.4. The number of nitrogens with zero attached hydrogens (tertiary/aromatic N) is 4. The van der Waals surface area contributed by atoms with Crippen molar-refractivity contribution in [2.75, 3.05) is 24.1 Å². The van der Waals surface area contributed by atoms with Crippen LogP contribution in [0.5, 0.6) is 5.75 Å². The summed E-state index contributed by atoms with van der Waals surface area (Å²) in [6, 6.07) is 7.98. The number of phenols is 1. The standard InChI is InChI=1S/C22H28N6O/c1-13-5-4-6-18(29)17(13)12-28-9-7-16(8-10-28)25-22-26-20(23)19-14(2)11-15(3)24-21(19)27-22/h4-6,11,16,29H,7-10,12H2,1-3H3,(H3,23,24,25,26,27). The van der Waals surface area contributed by atoms with Crippen LogP contribution in [0.15, 0.2) is 24.3 Å². The highest BCUT2D eigenvalue weighted by atomic mass is 16.3. The van der Waals surface area contributed by atoms with E-state index < -0.39 is 0 Å². The first-order valence-electron chi connectivity index (χ1n) is 10.1. The van der Waals surface area contributed by atoms with Gasteiger partial charge in [0.2, 0.25) is 5.95 Å². The highest BCUT2D eigenvalue weighted by Crippen LogP contribution is 2.26. The summed E-state index contributed by atoms with van der Waals surface area (Å²) in [7, 11) is 0. The maximum absolute atomic E-state index is 10.1. The summed E-state index contributed by atoms with van der Waals surface area (Å²) < 4.78 is 0. The van der Waals surface area contributed by atoms with E-state index in [0.29, 0.717) is 29.2 Å². The Balaban J connectivity index is 1.42. The minimum absolute atomic E-state index is 0.291. The number of nitrogen functional groups attached to an aromatic ring is 1. The topological polar surface area (TPSA) is 100 Å². The van der Waals surface area contributed by atoms with Crippen LogP contribution >= 0.6 is 0 Å². The number of anilines is 2. The number of nitrogens with one attached hydrogen (secondary N) is 1. The lowest BCUT2D eigenvalue weighted by molar-refractivity contribution is 0.208. The molecule has 29 heavy (non-hydrogen) atoms. The number of piperidine rings is 1. The molecule has 2 aromatic heterocycles. The fourth-order valence-electron chi connectivity index (χ4n) is 4.11. The van der Waals surface area contributed by atoms with Gasteiger partial charge in [0, 0.05) is 36.9 Å². The second kappa shape index (κ2) is 7.83. The molecule has 0 bridgehead atoms. The van der Waals surface area contributed by atoms with E-state index in [1.54, 1.807) is 6.07 Å². The molecule has 7 heteroatoms. The lowest BCUT2D eigenvalue weighted by atomic mass is 10.0. The van der Waals surface area contributed by atoms with Crippen molar-refractivity contribution in [2.24, 2.45) is 0 Å². The van der Waals surface area contributed by atoms with Crippen LogP contribution in [0, 0.1) is 20.8 Å². The Bertz CT molecular complexity index is 1020. The third-order valence-corrected chi connectivity index (χ3v) is 5.71. The van der Waals surface area contributed by atoms with Gasteiger partial charge in [-0.15, -0.1) is 0 Å². The molecule has 0 saturated carbocycles. The molecule has 3 heterocycles. The third kappa shape index (κ3) is 4.10. The van der Waals surface area contributed by atoms with Crippen molar-refractivity contribution in [3.05, 3.63) is 46.6 Å².